The molecule has 0 aliphatic rings. The van der Waals surface area contributed by atoms with Crippen LogP contribution in [0.25, 0.3) is 16.9 Å². The van der Waals surface area contributed by atoms with Crippen molar-refractivity contribution in [3.05, 3.63) is 53.9 Å². The van der Waals surface area contributed by atoms with E-state index in [0.29, 0.717) is 11.3 Å². The van der Waals surface area contributed by atoms with E-state index in [9.17, 15) is 18.0 Å². The molecule has 0 bridgehead atoms. The number of hydrogen-bond acceptors (Lipinski definition) is 3. The molecule has 0 aliphatic heterocycles. The van der Waals surface area contributed by atoms with Crippen molar-refractivity contribution < 1.29 is 18.0 Å². The Bertz CT molecular complexity index is 873. The Morgan fingerprint density at radius 1 is 1.23 bits per heavy atom. The second kappa shape index (κ2) is 5.10. The fourth-order valence-electron chi connectivity index (χ4n) is 2.10. The summed E-state index contributed by atoms with van der Waals surface area (Å²) in [5.74, 6) is 0. The molecule has 0 unspecified atom stereocenters. The van der Waals surface area contributed by atoms with Gasteiger partial charge in [0.1, 0.15) is 0 Å². The first-order valence-electron chi connectivity index (χ1n) is 6.08. The standard InChI is InChI=1S/C14H7ClF3N3O/c15-12(22)10-7-20-21-11(4-5-19-13(10)21)8-2-1-3-9(6-8)14(16,17)18/h1-7H. The van der Waals surface area contributed by atoms with Crippen LogP contribution >= 0.6 is 11.6 Å². The number of carbonyl (C=O) groups is 1. The highest BCUT2D eigenvalue weighted by Gasteiger charge is 2.30. The molecule has 8 heteroatoms. The SMILES string of the molecule is O=C(Cl)c1cnn2c(-c3cccc(C(F)(F)F)c3)ccnc12. The van der Waals surface area contributed by atoms with E-state index >= 15 is 0 Å². The molecule has 0 radical (unpaired) electrons. The van der Waals surface area contributed by atoms with E-state index in [1.165, 1.54) is 35.1 Å². The van der Waals surface area contributed by atoms with E-state index in [2.05, 4.69) is 10.1 Å². The zero-order valence-corrected chi connectivity index (χ0v) is 11.6. The van der Waals surface area contributed by atoms with Crippen molar-refractivity contribution >= 4 is 22.5 Å². The predicted molar refractivity (Wildman–Crippen MR) is 73.6 cm³/mol. The first-order valence-corrected chi connectivity index (χ1v) is 6.46. The van der Waals surface area contributed by atoms with Crippen LogP contribution in [0.1, 0.15) is 15.9 Å². The highest BCUT2D eigenvalue weighted by molar-refractivity contribution is 6.68. The third-order valence-corrected chi connectivity index (χ3v) is 3.30. The maximum Gasteiger partial charge on any atom is 0.416 e. The van der Waals surface area contributed by atoms with Crippen molar-refractivity contribution in [2.24, 2.45) is 0 Å². The Morgan fingerprint density at radius 3 is 2.68 bits per heavy atom. The Kier molecular flexibility index (Phi) is 3.37. The minimum atomic E-state index is -4.44. The number of fused-ring (bicyclic) bond motifs is 1. The van der Waals surface area contributed by atoms with E-state index in [1.54, 1.807) is 0 Å². The highest BCUT2D eigenvalue weighted by atomic mass is 35.5. The lowest BCUT2D eigenvalue weighted by atomic mass is 10.1. The van der Waals surface area contributed by atoms with Crippen LogP contribution in [0.2, 0.25) is 0 Å². The van der Waals surface area contributed by atoms with Crippen LogP contribution in [0, 0.1) is 0 Å². The predicted octanol–water partition coefficient (Wildman–Crippen LogP) is 3.79. The molecule has 0 saturated carbocycles. The van der Waals surface area contributed by atoms with Crippen molar-refractivity contribution in [2.45, 2.75) is 6.18 Å². The lowest BCUT2D eigenvalue weighted by Gasteiger charge is -2.09. The van der Waals surface area contributed by atoms with Gasteiger partial charge in [-0.25, -0.2) is 9.50 Å². The van der Waals surface area contributed by atoms with Gasteiger partial charge in [-0.05, 0) is 29.8 Å². The molecule has 22 heavy (non-hydrogen) atoms. The molecular formula is C14H7ClF3N3O. The lowest BCUT2D eigenvalue weighted by Crippen LogP contribution is -2.05. The van der Waals surface area contributed by atoms with Crippen LogP contribution < -0.4 is 0 Å². The van der Waals surface area contributed by atoms with Gasteiger partial charge >= 0.3 is 6.18 Å². The number of benzene rings is 1. The summed E-state index contributed by atoms with van der Waals surface area (Å²) in [6.45, 7) is 0. The number of aromatic nitrogens is 3. The second-order valence-electron chi connectivity index (χ2n) is 4.48. The lowest BCUT2D eigenvalue weighted by molar-refractivity contribution is -0.137. The summed E-state index contributed by atoms with van der Waals surface area (Å²) in [5.41, 5.74) is 0.195. The summed E-state index contributed by atoms with van der Waals surface area (Å²) in [5, 5.41) is 3.24. The monoisotopic (exact) mass is 325 g/mol. The minimum Gasteiger partial charge on any atom is -0.275 e. The number of hydrogen-bond donors (Lipinski definition) is 0. The van der Waals surface area contributed by atoms with Crippen LogP contribution in [-0.2, 0) is 6.18 Å². The summed E-state index contributed by atoms with van der Waals surface area (Å²) in [7, 11) is 0. The molecule has 112 valence electrons. The minimum absolute atomic E-state index is 0.0930. The maximum atomic E-state index is 12.8. The summed E-state index contributed by atoms with van der Waals surface area (Å²) < 4.78 is 39.7. The Hall–Kier alpha value is -2.41. The molecule has 0 spiro atoms. The van der Waals surface area contributed by atoms with E-state index in [1.807, 2.05) is 0 Å². The van der Waals surface area contributed by atoms with Crippen LogP contribution in [0.4, 0.5) is 13.2 Å². The molecular weight excluding hydrogens is 319 g/mol. The third kappa shape index (κ3) is 2.43. The number of rotatable bonds is 2. The van der Waals surface area contributed by atoms with E-state index in [4.69, 9.17) is 11.6 Å². The zero-order chi connectivity index (χ0) is 15.9. The summed E-state index contributed by atoms with van der Waals surface area (Å²) in [6.07, 6.45) is -1.83. The van der Waals surface area contributed by atoms with Gasteiger partial charge in [-0.2, -0.15) is 18.3 Å². The van der Waals surface area contributed by atoms with E-state index in [-0.39, 0.29) is 11.2 Å². The van der Waals surface area contributed by atoms with Gasteiger partial charge in [0.2, 0.25) is 0 Å². The molecule has 0 aliphatic carbocycles. The number of carbonyl (C=O) groups excluding carboxylic acids is 1. The zero-order valence-electron chi connectivity index (χ0n) is 10.8. The topological polar surface area (TPSA) is 47.3 Å². The van der Waals surface area contributed by atoms with Crippen LogP contribution in [0.3, 0.4) is 0 Å². The Morgan fingerprint density at radius 2 is 2.00 bits per heavy atom. The Balaban J connectivity index is 2.21. The molecule has 3 aromatic rings. The van der Waals surface area contributed by atoms with Gasteiger partial charge in [0, 0.05) is 11.8 Å². The van der Waals surface area contributed by atoms with Crippen molar-refractivity contribution in [3.8, 4) is 11.3 Å². The van der Waals surface area contributed by atoms with Gasteiger partial charge < -0.3 is 0 Å². The normalized spacial score (nSPS) is 11.8. The van der Waals surface area contributed by atoms with Gasteiger partial charge in [0.25, 0.3) is 5.24 Å². The second-order valence-corrected chi connectivity index (χ2v) is 4.82. The molecule has 0 atom stereocenters. The maximum absolute atomic E-state index is 12.8. The Labute approximate surface area is 127 Å². The average Bonchev–Trinajstić information content (AvgIpc) is 2.90. The highest BCUT2D eigenvalue weighted by Crippen LogP contribution is 2.32. The van der Waals surface area contributed by atoms with Crippen molar-refractivity contribution in [3.63, 3.8) is 0 Å². The molecule has 2 heterocycles. The molecule has 0 N–H and O–H groups in total. The van der Waals surface area contributed by atoms with Crippen LogP contribution in [0.15, 0.2) is 42.7 Å². The van der Waals surface area contributed by atoms with Gasteiger partial charge in [-0.15, -0.1) is 0 Å². The first-order chi connectivity index (χ1) is 10.4. The van der Waals surface area contributed by atoms with Crippen LogP contribution in [0.5, 0.6) is 0 Å². The summed E-state index contributed by atoms with van der Waals surface area (Å²) in [6, 6.07) is 6.34. The average molecular weight is 326 g/mol. The van der Waals surface area contributed by atoms with Crippen molar-refractivity contribution in [2.75, 3.05) is 0 Å². The molecule has 1 aromatic carbocycles. The van der Waals surface area contributed by atoms with Crippen molar-refractivity contribution in [1.82, 2.24) is 14.6 Å². The largest absolute Gasteiger partial charge is 0.416 e. The van der Waals surface area contributed by atoms with Gasteiger partial charge in [-0.1, -0.05) is 12.1 Å². The molecule has 3 rings (SSSR count). The fraction of sp³-hybridized carbons (Fsp3) is 0.0714. The van der Waals surface area contributed by atoms with Crippen LogP contribution in [-0.4, -0.2) is 19.8 Å². The molecule has 0 fully saturated rings. The fourth-order valence-corrected chi connectivity index (χ4v) is 2.24. The summed E-state index contributed by atoms with van der Waals surface area (Å²) in [4.78, 5) is 15.3. The smallest absolute Gasteiger partial charge is 0.275 e. The van der Waals surface area contributed by atoms with Gasteiger partial charge in [-0.3, -0.25) is 4.79 Å². The number of alkyl halides is 3. The van der Waals surface area contributed by atoms with Gasteiger partial charge in [0.05, 0.1) is 23.0 Å². The van der Waals surface area contributed by atoms with Gasteiger partial charge in [0.15, 0.2) is 5.65 Å². The third-order valence-electron chi connectivity index (χ3n) is 3.10. The molecule has 2 aromatic heterocycles. The molecule has 4 nitrogen and oxygen atoms in total. The van der Waals surface area contributed by atoms with E-state index in [0.717, 1.165) is 12.1 Å². The molecule has 0 saturated heterocycles. The molecule has 0 amide bonds. The summed E-state index contributed by atoms with van der Waals surface area (Å²) >= 11 is 5.43. The van der Waals surface area contributed by atoms with Crippen molar-refractivity contribution in [1.29, 1.82) is 0 Å². The number of halogens is 4. The first kappa shape index (κ1) is 14.5. The van der Waals surface area contributed by atoms with E-state index < -0.39 is 17.0 Å². The quantitative estimate of drug-likeness (QED) is 0.673. The number of nitrogens with zero attached hydrogens (tertiary/aromatic N) is 3.